The van der Waals surface area contributed by atoms with Crippen molar-refractivity contribution in [2.45, 2.75) is 19.8 Å². The molecule has 0 aromatic heterocycles. The number of amides is 1. The van der Waals surface area contributed by atoms with Crippen LogP contribution in [-0.4, -0.2) is 11.7 Å². The lowest BCUT2D eigenvalue weighted by molar-refractivity contribution is -0.116. The highest BCUT2D eigenvalue weighted by Crippen LogP contribution is 2.33. The van der Waals surface area contributed by atoms with Crippen molar-refractivity contribution in [1.82, 2.24) is 0 Å². The molecule has 1 aliphatic heterocycles. The maximum absolute atomic E-state index is 11.6. The lowest BCUT2D eigenvalue weighted by atomic mass is 10.2. The second-order valence-corrected chi connectivity index (χ2v) is 4.36. The van der Waals surface area contributed by atoms with Crippen molar-refractivity contribution >= 4 is 23.5 Å². The van der Waals surface area contributed by atoms with Crippen LogP contribution in [0.3, 0.4) is 0 Å². The molecule has 14 heavy (non-hydrogen) atoms. The fourth-order valence-corrected chi connectivity index (χ4v) is 2.44. The number of carbonyl (C=O) groups is 1. The molecule has 0 bridgehead atoms. The average molecular weight is 207 g/mol. The van der Waals surface area contributed by atoms with Crippen LogP contribution in [-0.2, 0) is 11.2 Å². The Morgan fingerprint density at radius 1 is 1.43 bits per heavy atom. The molecule has 0 saturated carbocycles. The zero-order chi connectivity index (χ0) is 9.97. The second kappa shape index (κ2) is 4.05. The van der Waals surface area contributed by atoms with Gasteiger partial charge in [-0.3, -0.25) is 9.10 Å². The summed E-state index contributed by atoms with van der Waals surface area (Å²) in [6.07, 6.45) is 1.66. The van der Waals surface area contributed by atoms with Crippen LogP contribution in [0.1, 0.15) is 18.9 Å². The third-order valence-corrected chi connectivity index (χ3v) is 3.45. The molecular weight excluding hydrogens is 194 g/mol. The van der Waals surface area contributed by atoms with Crippen molar-refractivity contribution in [3.63, 3.8) is 0 Å². The van der Waals surface area contributed by atoms with Gasteiger partial charge in [0.1, 0.15) is 0 Å². The van der Waals surface area contributed by atoms with Crippen LogP contribution >= 0.6 is 11.9 Å². The van der Waals surface area contributed by atoms with Crippen LogP contribution in [0.15, 0.2) is 24.3 Å². The molecule has 0 spiro atoms. The number of rotatable bonds is 3. The number of nitrogens with zero attached hydrogens (tertiary/aromatic N) is 1. The van der Waals surface area contributed by atoms with E-state index in [9.17, 15) is 4.79 Å². The molecule has 0 radical (unpaired) electrons. The summed E-state index contributed by atoms with van der Waals surface area (Å²) in [5, 5.41) is 0. The van der Waals surface area contributed by atoms with Gasteiger partial charge in [0.05, 0.1) is 12.1 Å². The molecular formula is C11H13NOS. The minimum absolute atomic E-state index is 0.213. The summed E-state index contributed by atoms with van der Waals surface area (Å²) >= 11 is 1.62. The van der Waals surface area contributed by atoms with Gasteiger partial charge in [-0.15, -0.1) is 0 Å². The summed E-state index contributed by atoms with van der Waals surface area (Å²) in [4.78, 5) is 11.6. The van der Waals surface area contributed by atoms with E-state index >= 15 is 0 Å². The predicted molar refractivity (Wildman–Crippen MR) is 60.4 cm³/mol. The highest BCUT2D eigenvalue weighted by atomic mass is 32.2. The van der Waals surface area contributed by atoms with Crippen molar-refractivity contribution in [2.24, 2.45) is 0 Å². The zero-order valence-electron chi connectivity index (χ0n) is 8.19. The van der Waals surface area contributed by atoms with Gasteiger partial charge in [0, 0.05) is 5.75 Å². The van der Waals surface area contributed by atoms with E-state index in [1.807, 2.05) is 28.6 Å². The minimum Gasteiger partial charge on any atom is -0.273 e. The first-order valence-corrected chi connectivity index (χ1v) is 5.81. The molecule has 3 heteroatoms. The molecule has 0 unspecified atom stereocenters. The van der Waals surface area contributed by atoms with Crippen LogP contribution in [0.25, 0.3) is 0 Å². The van der Waals surface area contributed by atoms with Crippen LogP contribution in [0.5, 0.6) is 0 Å². The van der Waals surface area contributed by atoms with E-state index in [0.29, 0.717) is 6.42 Å². The van der Waals surface area contributed by atoms with E-state index in [-0.39, 0.29) is 5.91 Å². The molecule has 1 heterocycles. The van der Waals surface area contributed by atoms with Gasteiger partial charge in [0.2, 0.25) is 5.91 Å². The predicted octanol–water partition coefficient (Wildman–Crippen LogP) is 2.63. The lowest BCUT2D eigenvalue weighted by Crippen LogP contribution is -2.18. The Bertz CT molecular complexity index is 351. The standard InChI is InChI=1S/C11H13NOS/c1-2-7-14-12-10-6-4-3-5-9(10)8-11(12)13/h3-6H,2,7-8H2,1H3. The topological polar surface area (TPSA) is 20.3 Å². The van der Waals surface area contributed by atoms with Gasteiger partial charge in [0.25, 0.3) is 0 Å². The molecule has 1 amide bonds. The van der Waals surface area contributed by atoms with Crippen LogP contribution in [0.2, 0.25) is 0 Å². The fourth-order valence-electron chi connectivity index (χ4n) is 1.55. The lowest BCUT2D eigenvalue weighted by Gasteiger charge is -2.14. The Morgan fingerprint density at radius 3 is 3.00 bits per heavy atom. The first-order chi connectivity index (χ1) is 6.83. The molecule has 2 nitrogen and oxygen atoms in total. The third-order valence-electron chi connectivity index (χ3n) is 2.20. The quantitative estimate of drug-likeness (QED) is 0.710. The normalized spacial score (nSPS) is 14.6. The van der Waals surface area contributed by atoms with E-state index in [1.165, 1.54) is 0 Å². The Hall–Kier alpha value is -0.960. The van der Waals surface area contributed by atoms with Crippen LogP contribution in [0.4, 0.5) is 5.69 Å². The molecule has 0 fully saturated rings. The van der Waals surface area contributed by atoms with Crippen molar-refractivity contribution in [3.8, 4) is 0 Å². The molecule has 74 valence electrons. The summed E-state index contributed by atoms with van der Waals surface area (Å²) in [6.45, 7) is 2.12. The van der Waals surface area contributed by atoms with E-state index in [4.69, 9.17) is 0 Å². The van der Waals surface area contributed by atoms with Crippen LogP contribution in [0, 0.1) is 0 Å². The molecule has 0 saturated heterocycles. The van der Waals surface area contributed by atoms with Crippen molar-refractivity contribution in [2.75, 3.05) is 10.1 Å². The van der Waals surface area contributed by atoms with Gasteiger partial charge >= 0.3 is 0 Å². The largest absolute Gasteiger partial charge is 0.273 e. The molecule has 1 aromatic carbocycles. The molecule has 0 N–H and O–H groups in total. The highest BCUT2D eigenvalue weighted by molar-refractivity contribution is 8.01. The number of carbonyl (C=O) groups excluding carboxylic acids is 1. The van der Waals surface area contributed by atoms with Gasteiger partial charge in [0.15, 0.2) is 0 Å². The van der Waals surface area contributed by atoms with Gasteiger partial charge in [-0.25, -0.2) is 0 Å². The first kappa shape index (κ1) is 9.59. The van der Waals surface area contributed by atoms with Gasteiger partial charge in [-0.2, -0.15) is 0 Å². The summed E-state index contributed by atoms with van der Waals surface area (Å²) in [5.74, 6) is 1.21. The molecule has 1 aromatic rings. The Labute approximate surface area is 88.4 Å². The van der Waals surface area contributed by atoms with E-state index < -0.39 is 0 Å². The minimum atomic E-state index is 0.213. The SMILES string of the molecule is CCCSN1C(=O)Cc2ccccc21. The van der Waals surface area contributed by atoms with E-state index in [2.05, 4.69) is 6.92 Å². The molecule has 0 atom stereocenters. The average Bonchev–Trinajstić information content (AvgIpc) is 2.51. The maximum Gasteiger partial charge on any atom is 0.241 e. The smallest absolute Gasteiger partial charge is 0.241 e. The number of hydrogen-bond donors (Lipinski definition) is 0. The number of fused-ring (bicyclic) bond motifs is 1. The van der Waals surface area contributed by atoms with Crippen LogP contribution < -0.4 is 4.31 Å². The van der Waals surface area contributed by atoms with Gasteiger partial charge in [-0.05, 0) is 30.0 Å². The number of benzene rings is 1. The zero-order valence-corrected chi connectivity index (χ0v) is 9.01. The number of hydrogen-bond acceptors (Lipinski definition) is 2. The van der Waals surface area contributed by atoms with Crippen molar-refractivity contribution < 1.29 is 4.79 Å². The number of anilines is 1. The summed E-state index contributed by atoms with van der Waals surface area (Å²) in [5.41, 5.74) is 2.23. The molecule has 0 aliphatic carbocycles. The first-order valence-electron chi connectivity index (χ1n) is 4.86. The second-order valence-electron chi connectivity index (χ2n) is 3.33. The Morgan fingerprint density at radius 2 is 2.21 bits per heavy atom. The Kier molecular flexibility index (Phi) is 2.77. The number of para-hydroxylation sites is 1. The molecule has 2 rings (SSSR count). The maximum atomic E-state index is 11.6. The van der Waals surface area contributed by atoms with Crippen molar-refractivity contribution in [3.05, 3.63) is 29.8 Å². The monoisotopic (exact) mass is 207 g/mol. The highest BCUT2D eigenvalue weighted by Gasteiger charge is 2.26. The Balaban J connectivity index is 2.21. The van der Waals surface area contributed by atoms with E-state index in [1.54, 1.807) is 11.9 Å². The summed E-state index contributed by atoms with van der Waals surface area (Å²) < 4.78 is 1.83. The van der Waals surface area contributed by atoms with Gasteiger partial charge < -0.3 is 0 Å². The summed E-state index contributed by atoms with van der Waals surface area (Å²) in [6, 6.07) is 8.01. The van der Waals surface area contributed by atoms with E-state index in [0.717, 1.165) is 23.4 Å². The van der Waals surface area contributed by atoms with Gasteiger partial charge in [-0.1, -0.05) is 25.1 Å². The van der Waals surface area contributed by atoms with Crippen molar-refractivity contribution in [1.29, 1.82) is 0 Å². The fraction of sp³-hybridized carbons (Fsp3) is 0.364. The summed E-state index contributed by atoms with van der Waals surface area (Å²) in [7, 11) is 0. The molecule has 1 aliphatic rings. The third kappa shape index (κ3) is 1.64.